The standard InChI is InChI=1S/C17H14BrN3O2/c1-17(13-8-3-2-4-9-13)15(22)21(16(23)20-17)19-11-12-7-5-6-10-14(12)18/h2-11H,1H3,(H,20,23)/b19-11-/t17-/m0/s1. The Morgan fingerprint density at radius 3 is 2.43 bits per heavy atom. The molecule has 1 fully saturated rings. The topological polar surface area (TPSA) is 61.8 Å². The number of urea groups is 1. The summed E-state index contributed by atoms with van der Waals surface area (Å²) in [6, 6.07) is 16.0. The van der Waals surface area contributed by atoms with E-state index < -0.39 is 17.5 Å². The van der Waals surface area contributed by atoms with Gasteiger partial charge in [-0.15, -0.1) is 5.01 Å². The quantitative estimate of drug-likeness (QED) is 0.664. The number of halogens is 1. The number of amides is 3. The van der Waals surface area contributed by atoms with Crippen molar-refractivity contribution in [3.63, 3.8) is 0 Å². The first-order valence-corrected chi connectivity index (χ1v) is 7.82. The van der Waals surface area contributed by atoms with Crippen LogP contribution in [0.3, 0.4) is 0 Å². The number of benzene rings is 2. The van der Waals surface area contributed by atoms with E-state index in [0.717, 1.165) is 20.6 Å². The molecule has 3 rings (SSSR count). The average molecular weight is 372 g/mol. The van der Waals surface area contributed by atoms with E-state index in [1.54, 1.807) is 19.1 Å². The highest BCUT2D eigenvalue weighted by molar-refractivity contribution is 9.10. The van der Waals surface area contributed by atoms with Gasteiger partial charge in [0.2, 0.25) is 0 Å². The summed E-state index contributed by atoms with van der Waals surface area (Å²) < 4.78 is 0.835. The Labute approximate surface area is 142 Å². The molecule has 0 aromatic heterocycles. The van der Waals surface area contributed by atoms with Crippen molar-refractivity contribution < 1.29 is 9.59 Å². The first-order chi connectivity index (χ1) is 11.0. The number of nitrogens with zero attached hydrogens (tertiary/aromatic N) is 2. The van der Waals surface area contributed by atoms with E-state index in [4.69, 9.17) is 0 Å². The summed E-state index contributed by atoms with van der Waals surface area (Å²) in [7, 11) is 0. The third-order valence-corrected chi connectivity index (χ3v) is 4.46. The van der Waals surface area contributed by atoms with Crippen LogP contribution in [0.25, 0.3) is 0 Å². The van der Waals surface area contributed by atoms with Crippen LogP contribution in [0.2, 0.25) is 0 Å². The van der Waals surface area contributed by atoms with E-state index in [1.807, 2.05) is 42.5 Å². The zero-order valence-corrected chi connectivity index (χ0v) is 13.9. The van der Waals surface area contributed by atoms with Crippen LogP contribution in [-0.4, -0.2) is 23.2 Å². The molecular weight excluding hydrogens is 358 g/mol. The fourth-order valence-electron chi connectivity index (χ4n) is 2.40. The van der Waals surface area contributed by atoms with Crippen LogP contribution in [0.5, 0.6) is 0 Å². The highest BCUT2D eigenvalue weighted by Crippen LogP contribution is 2.28. The summed E-state index contributed by atoms with van der Waals surface area (Å²) in [6.07, 6.45) is 1.48. The molecule has 1 heterocycles. The van der Waals surface area contributed by atoms with Gasteiger partial charge in [-0.1, -0.05) is 64.5 Å². The molecule has 1 N–H and O–H groups in total. The number of hydrogen-bond acceptors (Lipinski definition) is 3. The molecular formula is C17H14BrN3O2. The number of carbonyl (C=O) groups is 2. The highest BCUT2D eigenvalue weighted by atomic mass is 79.9. The summed E-state index contributed by atoms with van der Waals surface area (Å²) >= 11 is 3.40. The molecule has 116 valence electrons. The fourth-order valence-corrected chi connectivity index (χ4v) is 2.78. The maximum Gasteiger partial charge on any atom is 0.346 e. The number of hydrazone groups is 1. The Balaban J connectivity index is 1.89. The van der Waals surface area contributed by atoms with Gasteiger partial charge >= 0.3 is 6.03 Å². The summed E-state index contributed by atoms with van der Waals surface area (Å²) in [4.78, 5) is 24.8. The maximum absolute atomic E-state index is 12.7. The van der Waals surface area contributed by atoms with Gasteiger partial charge in [0.1, 0.15) is 5.54 Å². The first kappa shape index (κ1) is 15.4. The van der Waals surface area contributed by atoms with Crippen LogP contribution < -0.4 is 5.32 Å². The Morgan fingerprint density at radius 2 is 1.74 bits per heavy atom. The minimum Gasteiger partial charge on any atom is -0.318 e. The third-order valence-electron chi connectivity index (χ3n) is 3.74. The largest absolute Gasteiger partial charge is 0.346 e. The SMILES string of the molecule is C[C@@]1(c2ccccc2)NC(=O)N(/N=C\c2ccccc2Br)C1=O. The van der Waals surface area contributed by atoms with Crippen LogP contribution in [0.15, 0.2) is 64.2 Å². The number of hydrogen-bond donors (Lipinski definition) is 1. The summed E-state index contributed by atoms with van der Waals surface area (Å²) in [5.41, 5.74) is 0.391. The summed E-state index contributed by atoms with van der Waals surface area (Å²) in [5.74, 6) is -0.406. The number of imide groups is 1. The second kappa shape index (κ2) is 5.96. The Morgan fingerprint density at radius 1 is 1.09 bits per heavy atom. The maximum atomic E-state index is 12.7. The van der Waals surface area contributed by atoms with Gasteiger partial charge in [-0.2, -0.15) is 5.10 Å². The molecule has 6 heteroatoms. The highest BCUT2D eigenvalue weighted by Gasteiger charge is 2.49. The van der Waals surface area contributed by atoms with Gasteiger partial charge in [-0.05, 0) is 18.6 Å². The van der Waals surface area contributed by atoms with Crippen molar-refractivity contribution >= 4 is 34.1 Å². The number of nitrogens with one attached hydrogen (secondary N) is 1. The Bertz CT molecular complexity index is 791. The number of carbonyl (C=O) groups excluding carboxylic acids is 2. The van der Waals surface area contributed by atoms with E-state index in [0.29, 0.717) is 0 Å². The van der Waals surface area contributed by atoms with Gasteiger partial charge in [0.15, 0.2) is 0 Å². The van der Waals surface area contributed by atoms with Gasteiger partial charge in [0.25, 0.3) is 5.91 Å². The molecule has 1 saturated heterocycles. The predicted octanol–water partition coefficient (Wildman–Crippen LogP) is 3.25. The van der Waals surface area contributed by atoms with Gasteiger partial charge in [-0.25, -0.2) is 4.79 Å². The van der Waals surface area contributed by atoms with Crippen molar-refractivity contribution in [3.05, 3.63) is 70.2 Å². The zero-order valence-electron chi connectivity index (χ0n) is 12.4. The van der Waals surface area contributed by atoms with Gasteiger partial charge in [0.05, 0.1) is 6.21 Å². The van der Waals surface area contributed by atoms with Crippen LogP contribution >= 0.6 is 15.9 Å². The minimum atomic E-state index is -1.11. The second-order valence-corrected chi connectivity index (χ2v) is 6.16. The molecule has 0 saturated carbocycles. The van der Waals surface area contributed by atoms with Crippen molar-refractivity contribution in [2.24, 2.45) is 5.10 Å². The lowest BCUT2D eigenvalue weighted by atomic mass is 9.92. The van der Waals surface area contributed by atoms with Crippen molar-refractivity contribution in [2.75, 3.05) is 0 Å². The molecule has 0 radical (unpaired) electrons. The lowest BCUT2D eigenvalue weighted by Crippen LogP contribution is -2.40. The lowest BCUT2D eigenvalue weighted by molar-refractivity contribution is -0.131. The van der Waals surface area contributed by atoms with E-state index in [-0.39, 0.29) is 0 Å². The molecule has 2 aromatic rings. The molecule has 2 aromatic carbocycles. The van der Waals surface area contributed by atoms with Crippen LogP contribution in [0.1, 0.15) is 18.1 Å². The Kier molecular flexibility index (Phi) is 4.00. The van der Waals surface area contributed by atoms with E-state index in [1.165, 1.54) is 6.21 Å². The van der Waals surface area contributed by atoms with Gasteiger partial charge in [-0.3, -0.25) is 4.79 Å². The summed E-state index contributed by atoms with van der Waals surface area (Å²) in [5, 5.41) is 7.63. The van der Waals surface area contributed by atoms with Crippen LogP contribution in [0, 0.1) is 0 Å². The fraction of sp³-hybridized carbons (Fsp3) is 0.118. The number of rotatable bonds is 3. The van der Waals surface area contributed by atoms with Crippen LogP contribution in [-0.2, 0) is 10.3 Å². The zero-order chi connectivity index (χ0) is 16.4. The second-order valence-electron chi connectivity index (χ2n) is 5.30. The molecule has 0 aliphatic carbocycles. The van der Waals surface area contributed by atoms with Crippen molar-refractivity contribution in [1.29, 1.82) is 0 Å². The predicted molar refractivity (Wildman–Crippen MR) is 90.9 cm³/mol. The molecule has 0 spiro atoms. The lowest BCUT2D eigenvalue weighted by Gasteiger charge is -2.20. The normalized spacial score (nSPS) is 21.0. The molecule has 1 atom stereocenters. The molecule has 0 bridgehead atoms. The van der Waals surface area contributed by atoms with E-state index >= 15 is 0 Å². The smallest absolute Gasteiger partial charge is 0.318 e. The van der Waals surface area contributed by atoms with Crippen molar-refractivity contribution in [1.82, 2.24) is 10.3 Å². The van der Waals surface area contributed by atoms with Gasteiger partial charge in [0, 0.05) is 10.0 Å². The average Bonchev–Trinajstić information content (AvgIpc) is 2.78. The van der Waals surface area contributed by atoms with Gasteiger partial charge < -0.3 is 5.32 Å². The monoisotopic (exact) mass is 371 g/mol. The summed E-state index contributed by atoms with van der Waals surface area (Å²) in [6.45, 7) is 1.68. The Hall–Kier alpha value is -2.47. The molecule has 1 aliphatic heterocycles. The molecule has 1 aliphatic rings. The molecule has 3 amide bonds. The van der Waals surface area contributed by atoms with Crippen molar-refractivity contribution in [2.45, 2.75) is 12.5 Å². The third kappa shape index (κ3) is 2.77. The molecule has 5 nitrogen and oxygen atoms in total. The van der Waals surface area contributed by atoms with Crippen LogP contribution in [0.4, 0.5) is 4.79 Å². The molecule has 23 heavy (non-hydrogen) atoms. The minimum absolute atomic E-state index is 0.406. The van der Waals surface area contributed by atoms with Crippen molar-refractivity contribution in [3.8, 4) is 0 Å². The molecule has 0 unspecified atom stereocenters. The first-order valence-electron chi connectivity index (χ1n) is 7.03. The van der Waals surface area contributed by atoms with E-state index in [2.05, 4.69) is 26.3 Å². The van der Waals surface area contributed by atoms with E-state index in [9.17, 15) is 9.59 Å².